The number of anilines is 1. The zero-order valence-corrected chi connectivity index (χ0v) is 12.4. The summed E-state index contributed by atoms with van der Waals surface area (Å²) >= 11 is 0. The van der Waals surface area contributed by atoms with E-state index in [4.69, 9.17) is 9.47 Å². The van der Waals surface area contributed by atoms with Gasteiger partial charge in [-0.3, -0.25) is 4.79 Å². The number of carbonyl (C=O) groups excluding carboxylic acids is 1. The smallest absolute Gasteiger partial charge is 0.265 e. The summed E-state index contributed by atoms with van der Waals surface area (Å²) in [6.45, 7) is 3.67. The first kappa shape index (κ1) is 14.9. The van der Waals surface area contributed by atoms with Gasteiger partial charge in [0, 0.05) is 0 Å². The highest BCUT2D eigenvalue weighted by molar-refractivity contribution is 5.95. The van der Waals surface area contributed by atoms with E-state index >= 15 is 0 Å². The van der Waals surface area contributed by atoms with Gasteiger partial charge in [0.05, 0.1) is 12.8 Å². The zero-order valence-electron chi connectivity index (χ0n) is 12.4. The SMILES string of the molecule is COc1ccc(C)cc1NC(=O)[C@@H](C)Oc1ccccc1. The number of para-hydroxylation sites is 1. The molecule has 110 valence electrons. The van der Waals surface area contributed by atoms with Crippen molar-refractivity contribution in [2.75, 3.05) is 12.4 Å². The fourth-order valence-corrected chi connectivity index (χ4v) is 1.91. The van der Waals surface area contributed by atoms with E-state index in [1.807, 2.05) is 55.5 Å². The second-order valence-electron chi connectivity index (χ2n) is 4.77. The van der Waals surface area contributed by atoms with Gasteiger partial charge in [0.15, 0.2) is 6.10 Å². The van der Waals surface area contributed by atoms with Crippen molar-refractivity contribution < 1.29 is 14.3 Å². The first-order valence-electron chi connectivity index (χ1n) is 6.77. The van der Waals surface area contributed by atoms with E-state index < -0.39 is 6.10 Å². The summed E-state index contributed by atoms with van der Waals surface area (Å²) in [6.07, 6.45) is -0.599. The van der Waals surface area contributed by atoms with Crippen LogP contribution in [-0.2, 0) is 4.79 Å². The Bertz CT molecular complexity index is 611. The number of hydrogen-bond acceptors (Lipinski definition) is 3. The maximum atomic E-state index is 12.2. The minimum absolute atomic E-state index is 0.220. The summed E-state index contributed by atoms with van der Waals surface area (Å²) in [5.74, 6) is 1.07. The number of aryl methyl sites for hydroxylation is 1. The highest BCUT2D eigenvalue weighted by Gasteiger charge is 2.16. The maximum Gasteiger partial charge on any atom is 0.265 e. The molecule has 2 rings (SSSR count). The molecular formula is C17H19NO3. The third-order valence-electron chi connectivity index (χ3n) is 3.04. The normalized spacial score (nSPS) is 11.6. The average Bonchev–Trinajstić information content (AvgIpc) is 2.48. The lowest BCUT2D eigenvalue weighted by Gasteiger charge is -2.16. The molecule has 0 aliphatic rings. The van der Waals surface area contributed by atoms with Crippen molar-refractivity contribution in [2.24, 2.45) is 0 Å². The van der Waals surface area contributed by atoms with Crippen molar-refractivity contribution in [1.82, 2.24) is 0 Å². The third-order valence-corrected chi connectivity index (χ3v) is 3.04. The second-order valence-corrected chi connectivity index (χ2v) is 4.77. The summed E-state index contributed by atoms with van der Waals surface area (Å²) in [7, 11) is 1.57. The lowest BCUT2D eigenvalue weighted by molar-refractivity contribution is -0.122. The lowest BCUT2D eigenvalue weighted by Crippen LogP contribution is -2.30. The molecule has 0 bridgehead atoms. The van der Waals surface area contributed by atoms with Crippen LogP contribution >= 0.6 is 0 Å². The number of nitrogens with one attached hydrogen (secondary N) is 1. The zero-order chi connectivity index (χ0) is 15.2. The van der Waals surface area contributed by atoms with Gasteiger partial charge < -0.3 is 14.8 Å². The van der Waals surface area contributed by atoms with Crippen molar-refractivity contribution in [3.05, 3.63) is 54.1 Å². The van der Waals surface area contributed by atoms with Crippen LogP contribution in [0.3, 0.4) is 0 Å². The summed E-state index contributed by atoms with van der Waals surface area (Å²) in [4.78, 5) is 12.2. The Hall–Kier alpha value is -2.49. The molecule has 1 amide bonds. The minimum atomic E-state index is -0.599. The van der Waals surface area contributed by atoms with E-state index in [2.05, 4.69) is 5.32 Å². The molecule has 4 nitrogen and oxygen atoms in total. The fraction of sp³-hybridized carbons (Fsp3) is 0.235. The van der Waals surface area contributed by atoms with Crippen molar-refractivity contribution in [1.29, 1.82) is 0 Å². The van der Waals surface area contributed by atoms with Gasteiger partial charge in [-0.1, -0.05) is 24.3 Å². The molecule has 0 unspecified atom stereocenters. The van der Waals surface area contributed by atoms with Crippen molar-refractivity contribution in [2.45, 2.75) is 20.0 Å². The van der Waals surface area contributed by atoms with Crippen LogP contribution in [0.5, 0.6) is 11.5 Å². The van der Waals surface area contributed by atoms with E-state index in [1.54, 1.807) is 14.0 Å². The van der Waals surface area contributed by atoms with Gasteiger partial charge in [0.2, 0.25) is 0 Å². The van der Waals surface area contributed by atoms with Gasteiger partial charge in [0.1, 0.15) is 11.5 Å². The molecule has 0 saturated heterocycles. The highest BCUT2D eigenvalue weighted by atomic mass is 16.5. The molecule has 0 aliphatic heterocycles. The van der Waals surface area contributed by atoms with Crippen molar-refractivity contribution >= 4 is 11.6 Å². The van der Waals surface area contributed by atoms with Crippen LogP contribution in [0.15, 0.2) is 48.5 Å². The molecular weight excluding hydrogens is 266 g/mol. The van der Waals surface area contributed by atoms with Crippen LogP contribution in [0.4, 0.5) is 5.69 Å². The van der Waals surface area contributed by atoms with Gasteiger partial charge >= 0.3 is 0 Å². The number of benzene rings is 2. The van der Waals surface area contributed by atoms with Gasteiger partial charge in [-0.05, 0) is 43.7 Å². The van der Waals surface area contributed by atoms with Crippen molar-refractivity contribution in [3.8, 4) is 11.5 Å². The fourth-order valence-electron chi connectivity index (χ4n) is 1.91. The number of amides is 1. The summed E-state index contributed by atoms with van der Waals surface area (Å²) in [5, 5.41) is 2.83. The van der Waals surface area contributed by atoms with Gasteiger partial charge in [-0.2, -0.15) is 0 Å². The predicted molar refractivity (Wildman–Crippen MR) is 82.9 cm³/mol. The van der Waals surface area contributed by atoms with E-state index in [-0.39, 0.29) is 5.91 Å². The van der Waals surface area contributed by atoms with Crippen LogP contribution in [0, 0.1) is 6.92 Å². The molecule has 0 fully saturated rings. The molecule has 0 aliphatic carbocycles. The first-order valence-corrected chi connectivity index (χ1v) is 6.77. The summed E-state index contributed by atoms with van der Waals surface area (Å²) in [5.41, 5.74) is 1.69. The third kappa shape index (κ3) is 3.99. The Kier molecular flexibility index (Phi) is 4.82. The average molecular weight is 285 g/mol. The molecule has 0 heterocycles. The molecule has 0 radical (unpaired) electrons. The monoisotopic (exact) mass is 285 g/mol. The standard InChI is InChI=1S/C17H19NO3/c1-12-9-10-16(20-3)15(11-12)18-17(19)13(2)21-14-7-5-4-6-8-14/h4-11,13H,1-3H3,(H,18,19)/t13-/m1/s1. The number of carbonyl (C=O) groups is 1. The van der Waals surface area contributed by atoms with Gasteiger partial charge in [-0.15, -0.1) is 0 Å². The van der Waals surface area contributed by atoms with E-state index in [0.29, 0.717) is 17.2 Å². The van der Waals surface area contributed by atoms with Crippen LogP contribution in [0.2, 0.25) is 0 Å². The highest BCUT2D eigenvalue weighted by Crippen LogP contribution is 2.25. The Morgan fingerprint density at radius 1 is 1.14 bits per heavy atom. The number of methoxy groups -OCH3 is 1. The van der Waals surface area contributed by atoms with Crippen LogP contribution in [-0.4, -0.2) is 19.1 Å². The Balaban J connectivity index is 2.05. The van der Waals surface area contributed by atoms with E-state index in [9.17, 15) is 4.79 Å². The first-order chi connectivity index (χ1) is 10.1. The summed E-state index contributed by atoms with van der Waals surface area (Å²) < 4.78 is 10.8. The Labute approximate surface area is 124 Å². The molecule has 0 saturated carbocycles. The Morgan fingerprint density at radius 2 is 1.86 bits per heavy atom. The number of hydrogen-bond donors (Lipinski definition) is 1. The van der Waals surface area contributed by atoms with Crippen LogP contribution < -0.4 is 14.8 Å². The molecule has 1 atom stereocenters. The number of ether oxygens (including phenoxy) is 2. The van der Waals surface area contributed by atoms with E-state index in [0.717, 1.165) is 5.56 Å². The molecule has 2 aromatic rings. The van der Waals surface area contributed by atoms with Gasteiger partial charge in [0.25, 0.3) is 5.91 Å². The largest absolute Gasteiger partial charge is 0.495 e. The van der Waals surface area contributed by atoms with Crippen LogP contribution in [0.1, 0.15) is 12.5 Å². The molecule has 0 spiro atoms. The molecule has 0 aromatic heterocycles. The summed E-state index contributed by atoms with van der Waals surface area (Å²) in [6, 6.07) is 14.9. The topological polar surface area (TPSA) is 47.6 Å². The molecule has 4 heteroatoms. The van der Waals surface area contributed by atoms with E-state index in [1.165, 1.54) is 0 Å². The van der Waals surface area contributed by atoms with Crippen LogP contribution in [0.25, 0.3) is 0 Å². The van der Waals surface area contributed by atoms with Crippen molar-refractivity contribution in [3.63, 3.8) is 0 Å². The quantitative estimate of drug-likeness (QED) is 0.915. The molecule has 2 aromatic carbocycles. The molecule has 21 heavy (non-hydrogen) atoms. The predicted octanol–water partition coefficient (Wildman–Crippen LogP) is 3.41. The second kappa shape index (κ2) is 6.79. The minimum Gasteiger partial charge on any atom is -0.495 e. The van der Waals surface area contributed by atoms with Gasteiger partial charge in [-0.25, -0.2) is 0 Å². The molecule has 1 N–H and O–H groups in total. The lowest BCUT2D eigenvalue weighted by atomic mass is 10.2. The maximum absolute atomic E-state index is 12.2. The Morgan fingerprint density at radius 3 is 2.52 bits per heavy atom. The number of rotatable bonds is 5.